The number of piperidine rings is 1. The van der Waals surface area contributed by atoms with Crippen LogP contribution in [0.15, 0.2) is 28.7 Å². The molecule has 1 fully saturated rings. The van der Waals surface area contributed by atoms with E-state index in [2.05, 4.69) is 25.6 Å². The van der Waals surface area contributed by atoms with Gasteiger partial charge in [-0.25, -0.2) is 13.1 Å². The number of amides is 1. The van der Waals surface area contributed by atoms with Gasteiger partial charge >= 0.3 is 17.8 Å². The highest BCUT2D eigenvalue weighted by atomic mass is 32.2. The summed E-state index contributed by atoms with van der Waals surface area (Å²) in [6, 6.07) is 5.08. The molecule has 0 aliphatic carbocycles. The Balaban J connectivity index is 1.60. The predicted molar refractivity (Wildman–Crippen MR) is 107 cm³/mol. The van der Waals surface area contributed by atoms with Gasteiger partial charge in [0.1, 0.15) is 6.04 Å². The fourth-order valence-electron chi connectivity index (χ4n) is 3.14. The lowest BCUT2D eigenvalue weighted by atomic mass is 9.98. The molecule has 11 nitrogen and oxygen atoms in total. The Hall–Kier alpha value is -2.83. The van der Waals surface area contributed by atoms with Gasteiger partial charge in [0.05, 0.1) is 6.26 Å². The molecule has 12 heteroatoms. The normalized spacial score (nSPS) is 16.2. The first-order chi connectivity index (χ1) is 14.2. The number of benzene rings is 1. The number of nitrogens with one attached hydrogen (secondary N) is 3. The first kappa shape index (κ1) is 21.9. The van der Waals surface area contributed by atoms with E-state index in [1.54, 1.807) is 24.3 Å². The molecule has 1 aliphatic rings. The van der Waals surface area contributed by atoms with E-state index in [0.29, 0.717) is 17.1 Å². The van der Waals surface area contributed by atoms with Crippen LogP contribution in [0.1, 0.15) is 40.9 Å². The number of carbonyl (C=O) groups excluding carboxylic acids is 1. The molecule has 2 aromatic rings. The summed E-state index contributed by atoms with van der Waals surface area (Å²) in [4.78, 5) is 23.6. The van der Waals surface area contributed by atoms with Gasteiger partial charge in [-0.15, -0.1) is 10.2 Å². The number of sulfonamides is 1. The molecule has 1 aromatic heterocycles. The van der Waals surface area contributed by atoms with Gasteiger partial charge in [0.15, 0.2) is 0 Å². The molecule has 0 bridgehead atoms. The predicted octanol–water partition coefficient (Wildman–Crippen LogP) is 0.334. The summed E-state index contributed by atoms with van der Waals surface area (Å²) in [5, 5.41) is 22.9. The highest BCUT2D eigenvalue weighted by Crippen LogP contribution is 2.24. The number of carboxylic acid groups (broad SMARTS) is 1. The number of rotatable bonds is 8. The number of hydrogen-bond acceptors (Lipinski definition) is 8. The third-order valence-electron chi connectivity index (χ3n) is 4.63. The average Bonchev–Trinajstić information content (AvgIpc) is 3.19. The van der Waals surface area contributed by atoms with E-state index in [1.807, 2.05) is 0 Å². The Kier molecular flexibility index (Phi) is 6.80. The average molecular weight is 437 g/mol. The van der Waals surface area contributed by atoms with E-state index in [1.165, 1.54) is 0 Å². The van der Waals surface area contributed by atoms with Gasteiger partial charge in [0.25, 0.3) is 0 Å². The van der Waals surface area contributed by atoms with Crippen LogP contribution in [0.5, 0.6) is 0 Å². The molecule has 3 rings (SSSR count). The summed E-state index contributed by atoms with van der Waals surface area (Å²) in [6.45, 7) is 1.73. The van der Waals surface area contributed by atoms with Crippen molar-refractivity contribution in [3.8, 4) is 0 Å². The maximum absolute atomic E-state index is 12.3. The zero-order valence-electron chi connectivity index (χ0n) is 16.3. The van der Waals surface area contributed by atoms with Crippen molar-refractivity contribution < 1.29 is 27.5 Å². The molecule has 1 aliphatic heterocycles. The third-order valence-corrected chi connectivity index (χ3v) is 5.34. The number of aromatic nitrogens is 2. The molecule has 1 unspecified atom stereocenters. The van der Waals surface area contributed by atoms with Crippen molar-refractivity contribution in [2.24, 2.45) is 0 Å². The van der Waals surface area contributed by atoms with E-state index in [4.69, 9.17) is 4.42 Å². The fraction of sp³-hybridized carbons (Fsp3) is 0.444. The molecular formula is C18H23N5O6S. The maximum atomic E-state index is 12.3. The monoisotopic (exact) mass is 437 g/mol. The molecule has 2 heterocycles. The summed E-state index contributed by atoms with van der Waals surface area (Å²) < 4.78 is 30.2. The van der Waals surface area contributed by atoms with E-state index in [0.717, 1.165) is 32.2 Å². The van der Waals surface area contributed by atoms with E-state index in [-0.39, 0.29) is 18.2 Å². The Morgan fingerprint density at radius 3 is 2.50 bits per heavy atom. The van der Waals surface area contributed by atoms with Gasteiger partial charge in [0, 0.05) is 11.6 Å². The zero-order valence-corrected chi connectivity index (χ0v) is 17.1. The fourth-order valence-corrected chi connectivity index (χ4v) is 3.84. The van der Waals surface area contributed by atoms with Crippen molar-refractivity contribution in [1.29, 1.82) is 0 Å². The van der Waals surface area contributed by atoms with Crippen LogP contribution in [0, 0.1) is 0 Å². The second-order valence-corrected chi connectivity index (χ2v) is 8.89. The summed E-state index contributed by atoms with van der Waals surface area (Å²) >= 11 is 0. The Bertz CT molecular complexity index is 998. The molecule has 1 atom stereocenters. The Morgan fingerprint density at radius 1 is 1.23 bits per heavy atom. The van der Waals surface area contributed by atoms with Crippen LogP contribution in [0.3, 0.4) is 0 Å². The quantitative estimate of drug-likeness (QED) is 0.456. The highest BCUT2D eigenvalue weighted by Gasteiger charge is 2.24. The number of anilines is 1. The number of carboxylic acids is 1. The van der Waals surface area contributed by atoms with Crippen LogP contribution in [0.4, 0.5) is 5.69 Å². The Labute approximate surface area is 173 Å². The van der Waals surface area contributed by atoms with Crippen molar-refractivity contribution >= 4 is 27.6 Å². The van der Waals surface area contributed by atoms with E-state index in [9.17, 15) is 23.1 Å². The lowest BCUT2D eigenvalue weighted by Gasteiger charge is -2.18. The zero-order chi connectivity index (χ0) is 21.7. The SMILES string of the molecule is CS(=O)(=O)NC(Cc1ccc(NC(=O)c2nnc(C3CCNCC3)o2)cc1)C(=O)O. The maximum Gasteiger partial charge on any atom is 0.322 e. The molecule has 1 amide bonds. The number of aliphatic carboxylic acids is 1. The third kappa shape index (κ3) is 6.08. The first-order valence-electron chi connectivity index (χ1n) is 9.36. The molecule has 1 saturated heterocycles. The van der Waals surface area contributed by atoms with Crippen molar-refractivity contribution in [2.75, 3.05) is 24.7 Å². The van der Waals surface area contributed by atoms with E-state index >= 15 is 0 Å². The smallest absolute Gasteiger partial charge is 0.322 e. The van der Waals surface area contributed by atoms with Crippen LogP contribution in [-0.2, 0) is 21.2 Å². The van der Waals surface area contributed by atoms with Gasteiger partial charge in [-0.05, 0) is 50.0 Å². The second kappa shape index (κ2) is 9.32. The minimum Gasteiger partial charge on any atom is -0.480 e. The van der Waals surface area contributed by atoms with Crippen LogP contribution < -0.4 is 15.4 Å². The molecule has 0 radical (unpaired) electrons. The molecule has 30 heavy (non-hydrogen) atoms. The summed E-state index contributed by atoms with van der Waals surface area (Å²) in [5.74, 6) is -1.36. The minimum absolute atomic E-state index is 0.0418. The number of hydrogen-bond donors (Lipinski definition) is 4. The second-order valence-electron chi connectivity index (χ2n) is 7.11. The molecule has 162 valence electrons. The van der Waals surface area contributed by atoms with Crippen LogP contribution in [0.25, 0.3) is 0 Å². The number of nitrogens with zero attached hydrogens (tertiary/aromatic N) is 2. The molecule has 0 spiro atoms. The standard InChI is InChI=1S/C18H23N5O6S/c1-30(27,28)23-14(18(25)26)10-11-2-4-13(5-3-11)20-15(24)17-22-21-16(29-17)12-6-8-19-9-7-12/h2-5,12,14,19,23H,6-10H2,1H3,(H,20,24)(H,25,26). The van der Waals surface area contributed by atoms with Gasteiger partial charge in [-0.2, -0.15) is 0 Å². The van der Waals surface area contributed by atoms with Crippen LogP contribution >= 0.6 is 0 Å². The highest BCUT2D eigenvalue weighted by molar-refractivity contribution is 7.88. The van der Waals surface area contributed by atoms with Gasteiger partial charge < -0.3 is 20.2 Å². The van der Waals surface area contributed by atoms with Crippen LogP contribution in [-0.4, -0.2) is 61.0 Å². The number of carbonyl (C=O) groups is 2. The summed E-state index contributed by atoms with van der Waals surface area (Å²) in [6.07, 6.45) is 2.60. The van der Waals surface area contributed by atoms with Crippen molar-refractivity contribution in [1.82, 2.24) is 20.2 Å². The van der Waals surface area contributed by atoms with Crippen molar-refractivity contribution in [3.63, 3.8) is 0 Å². The molecule has 1 aromatic carbocycles. The minimum atomic E-state index is -3.66. The lowest BCUT2D eigenvalue weighted by Crippen LogP contribution is -2.41. The van der Waals surface area contributed by atoms with E-state index < -0.39 is 27.9 Å². The lowest BCUT2D eigenvalue weighted by molar-refractivity contribution is -0.138. The van der Waals surface area contributed by atoms with Gasteiger partial charge in [0.2, 0.25) is 15.9 Å². The summed E-state index contributed by atoms with van der Waals surface area (Å²) in [7, 11) is -3.66. The Morgan fingerprint density at radius 2 is 1.90 bits per heavy atom. The van der Waals surface area contributed by atoms with Crippen LogP contribution in [0.2, 0.25) is 0 Å². The largest absolute Gasteiger partial charge is 0.480 e. The molecule has 4 N–H and O–H groups in total. The topological polar surface area (TPSA) is 164 Å². The van der Waals surface area contributed by atoms with Crippen molar-refractivity contribution in [3.05, 3.63) is 41.6 Å². The van der Waals surface area contributed by atoms with Crippen molar-refractivity contribution in [2.45, 2.75) is 31.2 Å². The van der Waals surface area contributed by atoms with Gasteiger partial charge in [-0.1, -0.05) is 12.1 Å². The summed E-state index contributed by atoms with van der Waals surface area (Å²) in [5.41, 5.74) is 1.04. The first-order valence-corrected chi connectivity index (χ1v) is 11.2. The molecule has 0 saturated carbocycles. The van der Waals surface area contributed by atoms with Gasteiger partial charge in [-0.3, -0.25) is 9.59 Å². The molecular weight excluding hydrogens is 414 g/mol.